The number of anilines is 1. The largest absolute Gasteiger partial charge is 0.505 e. The molecule has 6 heteroatoms. The second-order valence-corrected chi connectivity index (χ2v) is 6.94. The molecule has 0 amide bonds. The highest BCUT2D eigenvalue weighted by Crippen LogP contribution is 2.38. The van der Waals surface area contributed by atoms with Gasteiger partial charge in [0.25, 0.3) is 5.82 Å². The summed E-state index contributed by atoms with van der Waals surface area (Å²) in [6.07, 6.45) is 5.20. The number of hydrogen-bond acceptors (Lipinski definition) is 5. The van der Waals surface area contributed by atoms with Crippen molar-refractivity contribution in [3.8, 4) is 17.2 Å². The Labute approximate surface area is 180 Å². The number of benzene rings is 2. The van der Waals surface area contributed by atoms with Crippen molar-refractivity contribution in [1.82, 2.24) is 4.98 Å². The number of rotatable bonds is 8. The minimum absolute atomic E-state index is 0.137. The van der Waals surface area contributed by atoms with E-state index in [2.05, 4.69) is 21.9 Å². The third kappa shape index (κ3) is 4.28. The third-order valence-electron chi connectivity index (χ3n) is 4.98. The zero-order valence-electron chi connectivity index (χ0n) is 17.2. The Morgan fingerprint density at radius 2 is 2.03 bits per heavy atom. The van der Waals surface area contributed by atoms with E-state index in [0.717, 1.165) is 16.8 Å². The van der Waals surface area contributed by atoms with Gasteiger partial charge in [0.05, 0.1) is 13.3 Å². The van der Waals surface area contributed by atoms with Crippen LogP contribution in [0.4, 0.5) is 5.82 Å². The molecular weight excluding hydrogens is 390 g/mol. The summed E-state index contributed by atoms with van der Waals surface area (Å²) in [4.78, 5) is 7.55. The monoisotopic (exact) mass is 414 g/mol. The van der Waals surface area contributed by atoms with Gasteiger partial charge in [0, 0.05) is 28.8 Å². The van der Waals surface area contributed by atoms with Gasteiger partial charge in [0.2, 0.25) is 0 Å². The molecule has 0 spiro atoms. The molecule has 0 aliphatic heterocycles. The minimum Gasteiger partial charge on any atom is -0.505 e. The molecule has 4 aromatic rings. The molecule has 2 heterocycles. The van der Waals surface area contributed by atoms with Crippen LogP contribution in [0.25, 0.3) is 10.9 Å². The van der Waals surface area contributed by atoms with Crippen LogP contribution < -0.4 is 19.8 Å². The van der Waals surface area contributed by atoms with Gasteiger partial charge in [-0.3, -0.25) is 10.3 Å². The summed E-state index contributed by atoms with van der Waals surface area (Å²) in [5.74, 6) is 2.17. The second kappa shape index (κ2) is 9.17. The first-order valence-corrected chi connectivity index (χ1v) is 9.92. The van der Waals surface area contributed by atoms with Gasteiger partial charge in [-0.2, -0.15) is 0 Å². The Morgan fingerprint density at radius 3 is 2.81 bits per heavy atom. The molecule has 0 bridgehead atoms. The van der Waals surface area contributed by atoms with Crippen LogP contribution in [0.15, 0.2) is 85.7 Å². The second-order valence-electron chi connectivity index (χ2n) is 6.94. The van der Waals surface area contributed by atoms with Gasteiger partial charge in [-0.15, -0.1) is 0 Å². The summed E-state index contributed by atoms with van der Waals surface area (Å²) in [6.45, 7) is 4.07. The van der Waals surface area contributed by atoms with Crippen molar-refractivity contribution >= 4 is 16.7 Å². The zero-order chi connectivity index (χ0) is 21.6. The number of H-pyrrole nitrogens is 1. The topological polar surface area (TPSA) is 77.8 Å². The smallest absolute Gasteiger partial charge is 0.272 e. The average molecular weight is 414 g/mol. The molecule has 0 fully saturated rings. The highest BCUT2D eigenvalue weighted by Gasteiger charge is 2.25. The van der Waals surface area contributed by atoms with Crippen LogP contribution in [0.1, 0.15) is 17.2 Å². The molecule has 0 saturated heterocycles. The lowest BCUT2D eigenvalue weighted by molar-refractivity contribution is -0.361. The normalized spacial score (nSPS) is 11.6. The number of nitrogens with one attached hydrogen (secondary N) is 2. The van der Waals surface area contributed by atoms with Crippen LogP contribution >= 0.6 is 0 Å². The molecule has 0 saturated carbocycles. The number of fused-ring (bicyclic) bond motifs is 1. The molecule has 2 aromatic carbocycles. The van der Waals surface area contributed by atoms with E-state index >= 15 is 0 Å². The number of pyridine rings is 2. The van der Waals surface area contributed by atoms with E-state index in [4.69, 9.17) is 9.47 Å². The summed E-state index contributed by atoms with van der Waals surface area (Å²) in [7, 11) is 1.60. The number of methoxy groups -OCH3 is 1. The Morgan fingerprint density at radius 1 is 1.13 bits per heavy atom. The van der Waals surface area contributed by atoms with E-state index in [1.165, 1.54) is 0 Å². The number of aromatic nitrogens is 2. The van der Waals surface area contributed by atoms with Crippen molar-refractivity contribution in [1.29, 1.82) is 0 Å². The quantitative estimate of drug-likeness (QED) is 0.414. The van der Waals surface area contributed by atoms with Crippen molar-refractivity contribution in [3.63, 3.8) is 0 Å². The standard InChI is InChI=1S/C25H23N3O3/c1-3-15-31-20-12-10-18(16-21(20)30-2)23(28-22-8-4-5-13-26-22)19-11-9-17-7-6-14-27-24(17)25(19)29/h3-14,16,23,29H,1,15H2,2H3,(H,26,28)/p+1/t23-/m0/s1. The number of phenols is 1. The number of ether oxygens (including phenoxy) is 2. The van der Waals surface area contributed by atoms with Crippen molar-refractivity contribution in [3.05, 3.63) is 96.8 Å². The van der Waals surface area contributed by atoms with Crippen molar-refractivity contribution in [2.24, 2.45) is 0 Å². The van der Waals surface area contributed by atoms with Crippen LogP contribution in [0, 0.1) is 0 Å². The minimum atomic E-state index is -0.368. The van der Waals surface area contributed by atoms with Crippen LogP contribution in [-0.4, -0.2) is 23.8 Å². The number of nitrogens with zero attached hydrogens (tertiary/aromatic N) is 1. The van der Waals surface area contributed by atoms with E-state index in [9.17, 15) is 5.11 Å². The molecule has 0 aliphatic carbocycles. The molecule has 2 aromatic heterocycles. The van der Waals surface area contributed by atoms with Gasteiger partial charge < -0.3 is 14.6 Å². The average Bonchev–Trinajstić information content (AvgIpc) is 2.82. The summed E-state index contributed by atoms with van der Waals surface area (Å²) in [6, 6.07) is 18.8. The Bertz CT molecular complexity index is 1200. The number of aromatic hydroxyl groups is 1. The fourth-order valence-electron chi connectivity index (χ4n) is 3.49. The van der Waals surface area contributed by atoms with Crippen LogP contribution in [-0.2, 0) is 0 Å². The lowest BCUT2D eigenvalue weighted by Crippen LogP contribution is -2.19. The van der Waals surface area contributed by atoms with Crippen molar-refractivity contribution in [2.75, 3.05) is 19.0 Å². The molecule has 3 N–H and O–H groups in total. The van der Waals surface area contributed by atoms with Gasteiger partial charge in [0.15, 0.2) is 11.5 Å². The maximum atomic E-state index is 11.1. The van der Waals surface area contributed by atoms with E-state index in [1.807, 2.05) is 66.9 Å². The molecule has 4 rings (SSSR count). The summed E-state index contributed by atoms with van der Waals surface area (Å²) in [5, 5.41) is 15.4. The first-order valence-electron chi connectivity index (χ1n) is 9.92. The summed E-state index contributed by atoms with van der Waals surface area (Å²) >= 11 is 0. The third-order valence-corrected chi connectivity index (χ3v) is 4.98. The predicted octanol–water partition coefficient (Wildman–Crippen LogP) is 4.53. The van der Waals surface area contributed by atoms with Crippen LogP contribution in [0.2, 0.25) is 0 Å². The summed E-state index contributed by atoms with van der Waals surface area (Å²) < 4.78 is 11.2. The number of aromatic amines is 1. The fraction of sp³-hybridized carbons (Fsp3) is 0.120. The van der Waals surface area contributed by atoms with E-state index in [-0.39, 0.29) is 11.8 Å². The van der Waals surface area contributed by atoms with E-state index in [0.29, 0.717) is 29.2 Å². The van der Waals surface area contributed by atoms with E-state index in [1.54, 1.807) is 19.4 Å². The Hall–Kier alpha value is -4.06. The lowest BCUT2D eigenvalue weighted by atomic mass is 9.95. The first-order chi connectivity index (χ1) is 15.2. The summed E-state index contributed by atoms with van der Waals surface area (Å²) in [5.41, 5.74) is 2.15. The van der Waals surface area contributed by atoms with E-state index < -0.39 is 0 Å². The zero-order valence-corrected chi connectivity index (χ0v) is 17.2. The molecule has 156 valence electrons. The molecule has 0 radical (unpaired) electrons. The van der Waals surface area contributed by atoms with Gasteiger partial charge >= 0.3 is 0 Å². The fourth-order valence-corrected chi connectivity index (χ4v) is 3.49. The van der Waals surface area contributed by atoms with Gasteiger partial charge in [-0.1, -0.05) is 36.9 Å². The van der Waals surface area contributed by atoms with Crippen LogP contribution in [0.3, 0.4) is 0 Å². The number of hydrogen-bond donors (Lipinski definition) is 2. The molecule has 0 unspecified atom stereocenters. The lowest BCUT2D eigenvalue weighted by Gasteiger charge is -2.19. The van der Waals surface area contributed by atoms with Crippen molar-refractivity contribution in [2.45, 2.75) is 6.04 Å². The van der Waals surface area contributed by atoms with Gasteiger partial charge in [0.1, 0.15) is 23.9 Å². The highest BCUT2D eigenvalue weighted by atomic mass is 16.5. The van der Waals surface area contributed by atoms with Gasteiger partial charge in [-0.25, -0.2) is 4.98 Å². The molecule has 1 atom stereocenters. The van der Waals surface area contributed by atoms with Gasteiger partial charge in [-0.05, 0) is 30.3 Å². The maximum absolute atomic E-state index is 11.1. The predicted molar refractivity (Wildman–Crippen MR) is 121 cm³/mol. The Balaban J connectivity index is 1.82. The molecule has 0 aliphatic rings. The van der Waals surface area contributed by atoms with Crippen molar-refractivity contribution < 1.29 is 19.6 Å². The SMILES string of the molecule is C=CCOc1ccc([C@H](Nc2cccc[nH+]2)c2ccc3cccnc3c2O)cc1OC. The molecular formula is C25H24N3O3+. The molecule has 6 nitrogen and oxygen atoms in total. The Kier molecular flexibility index (Phi) is 5.98. The first kappa shape index (κ1) is 20.2. The van der Waals surface area contributed by atoms with Crippen LogP contribution in [0.5, 0.6) is 17.2 Å². The number of phenolic OH excluding ortho intramolecular Hbond substituents is 1. The maximum Gasteiger partial charge on any atom is 0.272 e. The highest BCUT2D eigenvalue weighted by molar-refractivity contribution is 5.86. The molecule has 31 heavy (non-hydrogen) atoms.